The van der Waals surface area contributed by atoms with Crippen LogP contribution < -0.4 is 5.32 Å². The number of ether oxygens (including phenoxy) is 1. The van der Waals surface area contributed by atoms with Crippen LogP contribution in [0.15, 0.2) is 23.1 Å². The molecule has 6 nitrogen and oxygen atoms in total. The number of nitrogens with one attached hydrogen (secondary N) is 1. The van der Waals surface area contributed by atoms with Crippen LogP contribution >= 0.6 is 12.4 Å². The lowest BCUT2D eigenvalue weighted by Crippen LogP contribution is -2.51. The molecular weight excluding hydrogens is 335 g/mol. The Morgan fingerprint density at radius 3 is 2.73 bits per heavy atom. The Kier molecular flexibility index (Phi) is 6.30. The highest BCUT2D eigenvalue weighted by Crippen LogP contribution is 2.23. The minimum absolute atomic E-state index is 0. The van der Waals surface area contributed by atoms with Crippen LogP contribution in [0.1, 0.15) is 17.3 Å². The van der Waals surface area contributed by atoms with E-state index in [2.05, 4.69) is 10.1 Å². The summed E-state index contributed by atoms with van der Waals surface area (Å²) in [6, 6.07) is 3.01. The average molecular weight is 353 g/mol. The average Bonchev–Trinajstić information content (AvgIpc) is 2.46. The summed E-state index contributed by atoms with van der Waals surface area (Å²) in [6.07, 6.45) is 0. The number of sulfonamides is 1. The van der Waals surface area contributed by atoms with Gasteiger partial charge in [-0.2, -0.15) is 4.31 Å². The van der Waals surface area contributed by atoms with E-state index in [1.807, 2.05) is 6.92 Å². The fourth-order valence-electron chi connectivity index (χ4n) is 2.25. The van der Waals surface area contributed by atoms with Crippen molar-refractivity contribution in [2.75, 3.05) is 26.7 Å². The molecule has 1 unspecified atom stereocenters. The first-order valence-corrected chi connectivity index (χ1v) is 7.91. The van der Waals surface area contributed by atoms with Gasteiger partial charge in [-0.15, -0.1) is 12.4 Å². The first-order chi connectivity index (χ1) is 9.86. The molecule has 0 aliphatic carbocycles. The highest BCUT2D eigenvalue weighted by Gasteiger charge is 2.32. The quantitative estimate of drug-likeness (QED) is 0.822. The highest BCUT2D eigenvalue weighted by atomic mass is 35.5. The molecule has 1 atom stereocenters. The topological polar surface area (TPSA) is 75.7 Å². The summed E-state index contributed by atoms with van der Waals surface area (Å²) in [4.78, 5) is 11.5. The van der Waals surface area contributed by atoms with Crippen LogP contribution in [0, 0.1) is 5.82 Å². The molecule has 1 heterocycles. The number of methoxy groups -OCH3 is 1. The van der Waals surface area contributed by atoms with Gasteiger partial charge in [0.15, 0.2) is 0 Å². The van der Waals surface area contributed by atoms with Gasteiger partial charge in [0.2, 0.25) is 10.0 Å². The molecule has 1 aromatic carbocycles. The number of nitrogens with zero attached hydrogens (tertiary/aromatic N) is 1. The number of esters is 1. The zero-order valence-corrected chi connectivity index (χ0v) is 13.8. The van der Waals surface area contributed by atoms with Crippen molar-refractivity contribution in [3.05, 3.63) is 29.6 Å². The number of rotatable bonds is 3. The summed E-state index contributed by atoms with van der Waals surface area (Å²) in [7, 11) is -2.75. The van der Waals surface area contributed by atoms with Gasteiger partial charge in [-0.1, -0.05) is 0 Å². The van der Waals surface area contributed by atoms with Gasteiger partial charge >= 0.3 is 5.97 Å². The second kappa shape index (κ2) is 7.36. The molecule has 124 valence electrons. The molecule has 0 radical (unpaired) electrons. The minimum Gasteiger partial charge on any atom is -0.465 e. The van der Waals surface area contributed by atoms with Crippen LogP contribution in [0.2, 0.25) is 0 Å². The van der Waals surface area contributed by atoms with Crippen molar-refractivity contribution >= 4 is 28.4 Å². The van der Waals surface area contributed by atoms with Gasteiger partial charge in [-0.3, -0.25) is 0 Å². The Labute approximate surface area is 135 Å². The highest BCUT2D eigenvalue weighted by molar-refractivity contribution is 7.89. The summed E-state index contributed by atoms with van der Waals surface area (Å²) < 4.78 is 44.4. The third-order valence-electron chi connectivity index (χ3n) is 3.30. The Morgan fingerprint density at radius 2 is 2.14 bits per heavy atom. The molecule has 1 aliphatic rings. The summed E-state index contributed by atoms with van der Waals surface area (Å²) in [5.41, 5.74) is -0.288. The predicted molar refractivity (Wildman–Crippen MR) is 81.2 cm³/mol. The van der Waals surface area contributed by atoms with Crippen LogP contribution in [-0.4, -0.2) is 51.5 Å². The van der Waals surface area contributed by atoms with Gasteiger partial charge in [0, 0.05) is 25.7 Å². The van der Waals surface area contributed by atoms with Gasteiger partial charge in [0.05, 0.1) is 17.6 Å². The molecule has 1 aromatic rings. The van der Waals surface area contributed by atoms with E-state index < -0.39 is 21.8 Å². The van der Waals surface area contributed by atoms with Crippen LogP contribution in [-0.2, 0) is 14.8 Å². The van der Waals surface area contributed by atoms with Crippen LogP contribution in [0.25, 0.3) is 0 Å². The normalized spacial score (nSPS) is 19.3. The standard InChI is InChI=1S/C13H17FN2O4S.ClH/c1-9-8-16(6-5-15-9)21(18,19)12-4-3-10(14)7-11(12)13(17)20-2;/h3-4,7,9,15H,5-6,8H2,1-2H3;1H. The van der Waals surface area contributed by atoms with E-state index in [-0.39, 0.29) is 28.9 Å². The van der Waals surface area contributed by atoms with Crippen molar-refractivity contribution in [2.45, 2.75) is 17.9 Å². The van der Waals surface area contributed by atoms with E-state index in [0.29, 0.717) is 19.6 Å². The van der Waals surface area contributed by atoms with Crippen LogP contribution in [0.3, 0.4) is 0 Å². The smallest absolute Gasteiger partial charge is 0.339 e. The summed E-state index contributed by atoms with van der Waals surface area (Å²) in [5.74, 6) is -1.57. The molecule has 0 saturated carbocycles. The van der Waals surface area contributed by atoms with Crippen molar-refractivity contribution in [1.29, 1.82) is 0 Å². The fraction of sp³-hybridized carbons (Fsp3) is 0.462. The van der Waals surface area contributed by atoms with Gasteiger partial charge < -0.3 is 10.1 Å². The molecule has 1 aliphatic heterocycles. The SMILES string of the molecule is COC(=O)c1cc(F)ccc1S(=O)(=O)N1CCNC(C)C1.Cl. The third kappa shape index (κ3) is 3.75. The number of carbonyl (C=O) groups is 1. The number of benzene rings is 1. The van der Waals surface area contributed by atoms with Gasteiger partial charge in [-0.05, 0) is 25.1 Å². The Balaban J connectivity index is 0.00000242. The van der Waals surface area contributed by atoms with E-state index >= 15 is 0 Å². The maximum Gasteiger partial charge on any atom is 0.339 e. The van der Waals surface area contributed by atoms with Crippen LogP contribution in [0.4, 0.5) is 4.39 Å². The summed E-state index contributed by atoms with van der Waals surface area (Å²) >= 11 is 0. The van der Waals surface area contributed by atoms with E-state index in [1.54, 1.807) is 0 Å². The number of carbonyl (C=O) groups excluding carboxylic acids is 1. The zero-order valence-electron chi connectivity index (χ0n) is 12.2. The van der Waals surface area contributed by atoms with E-state index in [0.717, 1.165) is 25.3 Å². The van der Waals surface area contributed by atoms with Crippen molar-refractivity contribution in [1.82, 2.24) is 9.62 Å². The van der Waals surface area contributed by atoms with E-state index in [1.165, 1.54) is 4.31 Å². The molecule has 1 N–H and O–H groups in total. The Hall–Kier alpha value is -1.22. The number of piperazine rings is 1. The van der Waals surface area contributed by atoms with Crippen molar-refractivity contribution in [3.8, 4) is 0 Å². The first-order valence-electron chi connectivity index (χ1n) is 6.47. The monoisotopic (exact) mass is 352 g/mol. The first kappa shape index (κ1) is 18.8. The largest absolute Gasteiger partial charge is 0.465 e. The zero-order chi connectivity index (χ0) is 15.6. The van der Waals surface area contributed by atoms with E-state index in [9.17, 15) is 17.6 Å². The molecule has 22 heavy (non-hydrogen) atoms. The van der Waals surface area contributed by atoms with Crippen LogP contribution in [0.5, 0.6) is 0 Å². The molecule has 9 heteroatoms. The lowest BCUT2D eigenvalue weighted by atomic mass is 10.2. The second-order valence-electron chi connectivity index (χ2n) is 4.85. The minimum atomic E-state index is -3.87. The molecule has 0 spiro atoms. The number of hydrogen-bond acceptors (Lipinski definition) is 5. The molecule has 0 aromatic heterocycles. The van der Waals surface area contributed by atoms with Crippen molar-refractivity contribution < 1.29 is 22.3 Å². The lowest BCUT2D eigenvalue weighted by Gasteiger charge is -2.31. The van der Waals surface area contributed by atoms with Gasteiger partial charge in [0.1, 0.15) is 5.82 Å². The lowest BCUT2D eigenvalue weighted by molar-refractivity contribution is 0.0595. The van der Waals surface area contributed by atoms with Crippen molar-refractivity contribution in [2.24, 2.45) is 0 Å². The molecule has 1 fully saturated rings. The number of hydrogen-bond donors (Lipinski definition) is 1. The Bertz CT molecular complexity index is 653. The predicted octanol–water partition coefficient (Wildman–Crippen LogP) is 1.02. The molecule has 1 saturated heterocycles. The summed E-state index contributed by atoms with van der Waals surface area (Å²) in [5, 5.41) is 3.14. The van der Waals surface area contributed by atoms with E-state index in [4.69, 9.17) is 0 Å². The number of halogens is 2. The second-order valence-corrected chi connectivity index (χ2v) is 6.76. The third-order valence-corrected chi connectivity index (χ3v) is 5.22. The van der Waals surface area contributed by atoms with Gasteiger partial charge in [0.25, 0.3) is 0 Å². The molecule has 0 amide bonds. The Morgan fingerprint density at radius 1 is 1.45 bits per heavy atom. The molecule has 0 bridgehead atoms. The maximum atomic E-state index is 13.3. The fourth-order valence-corrected chi connectivity index (χ4v) is 3.94. The van der Waals surface area contributed by atoms with Gasteiger partial charge in [-0.25, -0.2) is 17.6 Å². The molecule has 2 rings (SSSR count). The summed E-state index contributed by atoms with van der Waals surface area (Å²) in [6.45, 7) is 2.98. The van der Waals surface area contributed by atoms with Crippen molar-refractivity contribution in [3.63, 3.8) is 0 Å². The maximum absolute atomic E-state index is 13.3. The molecular formula is C13H18ClFN2O4S.